The molecule has 1 aromatic carbocycles. The Bertz CT molecular complexity index is 1030. The lowest BCUT2D eigenvalue weighted by Crippen LogP contribution is -2.20. The van der Waals surface area contributed by atoms with Crippen LogP contribution in [0.5, 0.6) is 11.5 Å². The third kappa shape index (κ3) is 3.63. The van der Waals surface area contributed by atoms with Crippen LogP contribution in [0.1, 0.15) is 25.3 Å². The first-order chi connectivity index (χ1) is 13.6. The maximum atomic E-state index is 12.8. The molecular formula is C22H24N2O4. The van der Waals surface area contributed by atoms with Gasteiger partial charge in [-0.2, -0.15) is 0 Å². The molecule has 2 aromatic heterocycles. The Morgan fingerprint density at radius 3 is 2.46 bits per heavy atom. The van der Waals surface area contributed by atoms with Crippen LogP contribution in [0, 0.1) is 0 Å². The molecular weight excluding hydrogens is 356 g/mol. The second kappa shape index (κ2) is 8.69. The van der Waals surface area contributed by atoms with Crippen LogP contribution in [0.15, 0.2) is 41.6 Å². The zero-order valence-electron chi connectivity index (χ0n) is 16.4. The Labute approximate surface area is 163 Å². The normalized spacial score (nSPS) is 10.8. The topological polar surface area (TPSA) is 70.4 Å². The van der Waals surface area contributed by atoms with E-state index in [1.165, 1.54) is 0 Å². The Hall–Kier alpha value is -3.15. The Balaban J connectivity index is 2.29. The maximum absolute atomic E-state index is 12.8. The van der Waals surface area contributed by atoms with Crippen molar-refractivity contribution >= 4 is 17.1 Å². The van der Waals surface area contributed by atoms with Gasteiger partial charge in [0.2, 0.25) is 0 Å². The number of carbonyl (C=O) groups is 1. The predicted molar refractivity (Wildman–Crippen MR) is 109 cm³/mol. The van der Waals surface area contributed by atoms with Crippen LogP contribution in [0.4, 0.5) is 0 Å². The summed E-state index contributed by atoms with van der Waals surface area (Å²) in [6, 6.07) is 5.60. The van der Waals surface area contributed by atoms with Gasteiger partial charge in [0.1, 0.15) is 17.8 Å². The van der Waals surface area contributed by atoms with Crippen LogP contribution in [0.3, 0.4) is 0 Å². The number of fused-ring (bicyclic) bond motifs is 1. The summed E-state index contributed by atoms with van der Waals surface area (Å²) in [7, 11) is 3.13. The van der Waals surface area contributed by atoms with Gasteiger partial charge in [0, 0.05) is 42.7 Å². The van der Waals surface area contributed by atoms with E-state index in [1.54, 1.807) is 31.2 Å². The van der Waals surface area contributed by atoms with Gasteiger partial charge >= 0.3 is 0 Å². The van der Waals surface area contributed by atoms with Gasteiger partial charge in [0.25, 0.3) is 5.56 Å². The number of benzene rings is 1. The van der Waals surface area contributed by atoms with Gasteiger partial charge in [-0.3, -0.25) is 9.78 Å². The summed E-state index contributed by atoms with van der Waals surface area (Å²) in [5, 5.41) is 1.39. The molecule has 3 rings (SSSR count). The van der Waals surface area contributed by atoms with Gasteiger partial charge in [0.15, 0.2) is 0 Å². The maximum Gasteiger partial charge on any atom is 0.260 e. The molecule has 0 saturated carbocycles. The van der Waals surface area contributed by atoms with E-state index in [4.69, 9.17) is 9.47 Å². The number of ether oxygens (including phenoxy) is 2. The molecule has 0 saturated heterocycles. The van der Waals surface area contributed by atoms with Crippen molar-refractivity contribution in [3.8, 4) is 22.6 Å². The number of hydrogen-bond donors (Lipinski definition) is 0. The van der Waals surface area contributed by atoms with Gasteiger partial charge in [-0.15, -0.1) is 0 Å². The molecule has 0 aliphatic rings. The zero-order valence-corrected chi connectivity index (χ0v) is 16.4. The number of rotatable bonds is 8. The van der Waals surface area contributed by atoms with Gasteiger partial charge < -0.3 is 18.8 Å². The average molecular weight is 380 g/mol. The lowest BCUT2D eigenvalue weighted by Gasteiger charge is -2.16. The number of carbonyl (C=O) groups excluding carboxylic acids is 1. The zero-order chi connectivity index (χ0) is 20.1. The minimum atomic E-state index is -0.0446. The largest absolute Gasteiger partial charge is 0.496 e. The molecule has 6 heteroatoms. The van der Waals surface area contributed by atoms with Gasteiger partial charge in [-0.25, -0.2) is 0 Å². The molecule has 3 aromatic rings. The summed E-state index contributed by atoms with van der Waals surface area (Å²) in [6.07, 6.45) is 8.11. The quantitative estimate of drug-likeness (QED) is 0.558. The Morgan fingerprint density at radius 1 is 1.14 bits per heavy atom. The molecule has 2 heterocycles. The van der Waals surface area contributed by atoms with E-state index in [0.29, 0.717) is 29.0 Å². The van der Waals surface area contributed by atoms with Crippen molar-refractivity contribution in [2.45, 2.75) is 32.7 Å². The summed E-state index contributed by atoms with van der Waals surface area (Å²) < 4.78 is 12.8. The van der Waals surface area contributed by atoms with E-state index >= 15 is 0 Å². The number of unbranched alkanes of at least 4 members (excludes halogenated alkanes) is 1. The van der Waals surface area contributed by atoms with Crippen molar-refractivity contribution in [1.82, 2.24) is 9.55 Å². The number of aromatic nitrogens is 2. The van der Waals surface area contributed by atoms with E-state index in [0.717, 1.165) is 35.6 Å². The van der Waals surface area contributed by atoms with E-state index in [2.05, 4.69) is 11.9 Å². The van der Waals surface area contributed by atoms with Gasteiger partial charge in [0.05, 0.1) is 19.6 Å². The molecule has 0 atom stereocenters. The van der Waals surface area contributed by atoms with E-state index < -0.39 is 0 Å². The first kappa shape index (κ1) is 19.6. The highest BCUT2D eigenvalue weighted by atomic mass is 16.5. The van der Waals surface area contributed by atoms with Crippen LogP contribution in [0.25, 0.3) is 21.9 Å². The standard InChI is InChI=1S/C22H24N2O4/c1-4-5-9-24-14-19(16-6-8-23-13-18(16)22(24)26)15-11-20(27-2)17(7-10-25)21(12-15)28-3/h6,8,10-14H,4-5,7,9H2,1-3H3. The van der Waals surface area contributed by atoms with Crippen LogP contribution in [-0.4, -0.2) is 30.1 Å². The number of aryl methyl sites for hydroxylation is 1. The molecule has 0 bridgehead atoms. The molecule has 0 amide bonds. The number of hydrogen-bond acceptors (Lipinski definition) is 5. The SMILES string of the molecule is CCCCn1cc(-c2cc(OC)c(CC=O)c(OC)c2)c2ccncc2c1=O. The summed E-state index contributed by atoms with van der Waals surface area (Å²) in [5.74, 6) is 1.16. The van der Waals surface area contributed by atoms with E-state index in [-0.39, 0.29) is 12.0 Å². The molecule has 0 radical (unpaired) electrons. The van der Waals surface area contributed by atoms with Crippen molar-refractivity contribution in [1.29, 1.82) is 0 Å². The van der Waals surface area contributed by atoms with Crippen LogP contribution < -0.4 is 15.0 Å². The van der Waals surface area contributed by atoms with Crippen LogP contribution in [-0.2, 0) is 17.8 Å². The fourth-order valence-corrected chi connectivity index (χ4v) is 3.39. The van der Waals surface area contributed by atoms with Crippen LogP contribution in [0.2, 0.25) is 0 Å². The van der Waals surface area contributed by atoms with Crippen molar-refractivity contribution in [3.05, 3.63) is 52.7 Å². The molecule has 0 spiro atoms. The smallest absolute Gasteiger partial charge is 0.260 e. The molecule has 0 fully saturated rings. The highest BCUT2D eigenvalue weighted by Gasteiger charge is 2.16. The summed E-state index contributed by atoms with van der Waals surface area (Å²) in [6.45, 7) is 2.74. The number of methoxy groups -OCH3 is 2. The summed E-state index contributed by atoms with van der Waals surface area (Å²) in [5.41, 5.74) is 2.40. The molecule has 146 valence electrons. The monoisotopic (exact) mass is 380 g/mol. The van der Waals surface area contributed by atoms with Crippen molar-refractivity contribution in [3.63, 3.8) is 0 Å². The third-order valence-electron chi connectivity index (χ3n) is 4.85. The molecule has 28 heavy (non-hydrogen) atoms. The molecule has 0 aliphatic carbocycles. The molecule has 0 unspecified atom stereocenters. The summed E-state index contributed by atoms with van der Waals surface area (Å²) >= 11 is 0. The average Bonchev–Trinajstić information content (AvgIpc) is 2.73. The van der Waals surface area contributed by atoms with Gasteiger partial charge in [-0.05, 0) is 35.6 Å². The second-order valence-corrected chi connectivity index (χ2v) is 6.55. The minimum Gasteiger partial charge on any atom is -0.496 e. The molecule has 6 nitrogen and oxygen atoms in total. The van der Waals surface area contributed by atoms with E-state index in [1.807, 2.05) is 24.4 Å². The fourth-order valence-electron chi connectivity index (χ4n) is 3.39. The second-order valence-electron chi connectivity index (χ2n) is 6.55. The van der Waals surface area contributed by atoms with Gasteiger partial charge in [-0.1, -0.05) is 13.3 Å². The number of nitrogens with zero attached hydrogens (tertiary/aromatic N) is 2. The molecule has 0 N–H and O–H groups in total. The van der Waals surface area contributed by atoms with Crippen LogP contribution >= 0.6 is 0 Å². The minimum absolute atomic E-state index is 0.0446. The highest BCUT2D eigenvalue weighted by molar-refractivity contribution is 5.96. The van der Waals surface area contributed by atoms with E-state index in [9.17, 15) is 9.59 Å². The lowest BCUT2D eigenvalue weighted by molar-refractivity contribution is -0.107. The van der Waals surface area contributed by atoms with Crippen molar-refractivity contribution in [2.75, 3.05) is 14.2 Å². The Kier molecular flexibility index (Phi) is 6.09. The third-order valence-corrected chi connectivity index (χ3v) is 4.85. The Morgan fingerprint density at radius 2 is 1.86 bits per heavy atom. The predicted octanol–water partition coefficient (Wildman–Crippen LogP) is 3.62. The first-order valence-corrected chi connectivity index (χ1v) is 9.30. The summed E-state index contributed by atoms with van der Waals surface area (Å²) in [4.78, 5) is 28.0. The first-order valence-electron chi connectivity index (χ1n) is 9.30. The molecule has 0 aliphatic heterocycles. The fraction of sp³-hybridized carbons (Fsp3) is 0.318. The van der Waals surface area contributed by atoms with Crippen molar-refractivity contribution in [2.24, 2.45) is 0 Å². The highest BCUT2D eigenvalue weighted by Crippen LogP contribution is 2.37. The lowest BCUT2D eigenvalue weighted by atomic mass is 9.98. The number of pyridine rings is 2. The van der Waals surface area contributed by atoms with Crippen molar-refractivity contribution < 1.29 is 14.3 Å². The number of aldehydes is 1.